The largest absolute Gasteiger partial charge is 0.299 e. The molecule has 0 aliphatic carbocycles. The molecule has 3 aromatic heterocycles. The lowest BCUT2D eigenvalue weighted by molar-refractivity contribution is -0.111. The number of carbonyl (C=O) groups excluding carboxylic acids is 1. The van der Waals surface area contributed by atoms with E-state index < -0.39 is 0 Å². The molecule has 0 atom stereocenters. The maximum absolute atomic E-state index is 12.2. The van der Waals surface area contributed by atoms with Gasteiger partial charge in [-0.2, -0.15) is 0 Å². The molecule has 0 saturated heterocycles. The van der Waals surface area contributed by atoms with Crippen LogP contribution in [0.5, 0.6) is 0 Å². The molecule has 1 aromatic carbocycles. The van der Waals surface area contributed by atoms with Gasteiger partial charge in [0.1, 0.15) is 12.0 Å². The summed E-state index contributed by atoms with van der Waals surface area (Å²) in [5.74, 6) is -0.126. The minimum absolute atomic E-state index is 0.232. The summed E-state index contributed by atoms with van der Waals surface area (Å²) in [4.78, 5) is 20.5. The molecule has 0 unspecified atom stereocenters. The highest BCUT2D eigenvalue weighted by Gasteiger charge is 2.08. The van der Waals surface area contributed by atoms with Crippen molar-refractivity contribution in [3.05, 3.63) is 81.9 Å². The number of nitrogens with one attached hydrogen (secondary N) is 1. The van der Waals surface area contributed by atoms with Gasteiger partial charge in [0.15, 0.2) is 5.15 Å². The van der Waals surface area contributed by atoms with Gasteiger partial charge in [-0.05, 0) is 35.9 Å². The van der Waals surface area contributed by atoms with Gasteiger partial charge in [-0.1, -0.05) is 45.7 Å². The van der Waals surface area contributed by atoms with E-state index in [1.807, 2.05) is 48.7 Å². The smallest absolute Gasteiger partial charge is 0.250 e. The molecule has 140 valence electrons. The van der Waals surface area contributed by atoms with Crippen molar-refractivity contribution in [2.24, 2.45) is 0 Å². The molecular weight excluding hydrogens is 444 g/mol. The molecule has 1 amide bonds. The number of aromatic nitrogens is 5. The van der Waals surface area contributed by atoms with Crippen molar-refractivity contribution in [3.63, 3.8) is 0 Å². The number of benzene rings is 1. The molecule has 7 nitrogen and oxygen atoms in total. The summed E-state index contributed by atoms with van der Waals surface area (Å²) in [5.41, 5.74) is 2.41. The van der Waals surface area contributed by atoms with Gasteiger partial charge in [0.05, 0.1) is 12.2 Å². The second-order valence-electron chi connectivity index (χ2n) is 5.93. The molecule has 0 aliphatic heterocycles. The molecule has 3 heterocycles. The van der Waals surface area contributed by atoms with Crippen LogP contribution in [-0.4, -0.2) is 30.1 Å². The summed E-state index contributed by atoms with van der Waals surface area (Å²) in [6.45, 7) is 0.559. The molecule has 0 radical (unpaired) electrons. The first-order chi connectivity index (χ1) is 13.6. The molecule has 0 aliphatic rings. The zero-order valence-corrected chi connectivity index (χ0v) is 16.8. The number of imidazole rings is 1. The Morgan fingerprint density at radius 1 is 1.21 bits per heavy atom. The number of anilines is 1. The van der Waals surface area contributed by atoms with E-state index >= 15 is 0 Å². The lowest BCUT2D eigenvalue weighted by Crippen LogP contribution is -2.10. The minimum atomic E-state index is -0.358. The van der Waals surface area contributed by atoms with Crippen LogP contribution in [0.2, 0.25) is 5.15 Å². The number of rotatable bonds is 5. The van der Waals surface area contributed by atoms with Gasteiger partial charge in [0.25, 0.3) is 5.91 Å². The van der Waals surface area contributed by atoms with Crippen LogP contribution in [0.3, 0.4) is 0 Å². The van der Waals surface area contributed by atoms with Crippen LogP contribution in [0.15, 0.2) is 65.5 Å². The predicted octanol–water partition coefficient (Wildman–Crippen LogP) is 4.04. The zero-order valence-electron chi connectivity index (χ0n) is 14.5. The van der Waals surface area contributed by atoms with E-state index in [0.717, 1.165) is 10.0 Å². The third-order valence-electron chi connectivity index (χ3n) is 3.94. The fourth-order valence-corrected chi connectivity index (χ4v) is 3.15. The number of hydrogen-bond acceptors (Lipinski definition) is 4. The summed E-state index contributed by atoms with van der Waals surface area (Å²) in [6, 6.07) is 13.5. The average molecular weight is 458 g/mol. The van der Waals surface area contributed by atoms with E-state index in [4.69, 9.17) is 11.6 Å². The monoisotopic (exact) mass is 456 g/mol. The van der Waals surface area contributed by atoms with Crippen molar-refractivity contribution in [2.75, 3.05) is 5.32 Å². The highest BCUT2D eigenvalue weighted by Crippen LogP contribution is 2.19. The van der Waals surface area contributed by atoms with Crippen molar-refractivity contribution >= 4 is 51.1 Å². The van der Waals surface area contributed by atoms with Gasteiger partial charge < -0.3 is 0 Å². The lowest BCUT2D eigenvalue weighted by atomic mass is 10.2. The summed E-state index contributed by atoms with van der Waals surface area (Å²) in [5, 5.41) is 7.23. The van der Waals surface area contributed by atoms with Crippen molar-refractivity contribution in [3.8, 4) is 0 Å². The Morgan fingerprint density at radius 2 is 2.04 bits per heavy atom. The molecule has 0 spiro atoms. The quantitative estimate of drug-likeness (QED) is 0.459. The molecule has 4 rings (SSSR count). The number of carbonyl (C=O) groups is 1. The van der Waals surface area contributed by atoms with Gasteiger partial charge >= 0.3 is 0 Å². The van der Waals surface area contributed by atoms with E-state index in [1.165, 1.54) is 6.08 Å². The van der Waals surface area contributed by atoms with E-state index in [2.05, 4.69) is 36.3 Å². The molecule has 9 heteroatoms. The number of nitrogens with zero attached hydrogens (tertiary/aromatic N) is 5. The number of pyridine rings is 1. The third kappa shape index (κ3) is 4.13. The number of amides is 1. The van der Waals surface area contributed by atoms with Crippen molar-refractivity contribution in [1.82, 2.24) is 24.1 Å². The first kappa shape index (κ1) is 18.4. The van der Waals surface area contributed by atoms with E-state index in [-0.39, 0.29) is 11.9 Å². The van der Waals surface area contributed by atoms with Crippen LogP contribution in [0.25, 0.3) is 11.7 Å². The van der Waals surface area contributed by atoms with Gasteiger partial charge in [0.2, 0.25) is 5.95 Å². The Kier molecular flexibility index (Phi) is 5.23. The standard InChI is InChI=1S/C19H14BrClN6O/c20-14-6-4-13(5-7-14)11-26-12-22-19(25-26)24-17(28)9-8-15-18(21)23-16-3-1-2-10-27(15)16/h1-10,12H,11H2,(H,24,25,28)/b9-8+. The topological polar surface area (TPSA) is 77.1 Å². The van der Waals surface area contributed by atoms with Crippen LogP contribution in [0.1, 0.15) is 11.3 Å². The lowest BCUT2D eigenvalue weighted by Gasteiger charge is -2.01. The molecule has 0 bridgehead atoms. The van der Waals surface area contributed by atoms with Crippen LogP contribution in [0, 0.1) is 0 Å². The number of hydrogen-bond donors (Lipinski definition) is 1. The first-order valence-corrected chi connectivity index (χ1v) is 9.51. The fourth-order valence-electron chi connectivity index (χ4n) is 2.65. The summed E-state index contributed by atoms with van der Waals surface area (Å²) in [6.07, 6.45) is 6.38. The number of halogens is 2. The Morgan fingerprint density at radius 3 is 2.86 bits per heavy atom. The summed E-state index contributed by atoms with van der Waals surface area (Å²) >= 11 is 9.56. The fraction of sp³-hybridized carbons (Fsp3) is 0.0526. The van der Waals surface area contributed by atoms with Crippen LogP contribution in [0.4, 0.5) is 5.95 Å². The van der Waals surface area contributed by atoms with Crippen LogP contribution in [-0.2, 0) is 11.3 Å². The average Bonchev–Trinajstić information content (AvgIpc) is 3.25. The second kappa shape index (κ2) is 7.95. The molecule has 0 saturated carbocycles. The highest BCUT2D eigenvalue weighted by atomic mass is 79.9. The van der Waals surface area contributed by atoms with Crippen molar-refractivity contribution in [2.45, 2.75) is 6.54 Å². The Balaban J connectivity index is 1.42. The maximum atomic E-state index is 12.2. The Bertz CT molecular complexity index is 1160. The highest BCUT2D eigenvalue weighted by molar-refractivity contribution is 9.10. The predicted molar refractivity (Wildman–Crippen MR) is 111 cm³/mol. The summed E-state index contributed by atoms with van der Waals surface area (Å²) < 4.78 is 4.47. The second-order valence-corrected chi connectivity index (χ2v) is 7.21. The van der Waals surface area contributed by atoms with Crippen LogP contribution >= 0.6 is 27.5 Å². The Labute approximate surface area is 173 Å². The van der Waals surface area contributed by atoms with E-state index in [0.29, 0.717) is 23.0 Å². The van der Waals surface area contributed by atoms with E-state index in [1.54, 1.807) is 21.5 Å². The van der Waals surface area contributed by atoms with Crippen molar-refractivity contribution < 1.29 is 4.79 Å². The normalized spacial score (nSPS) is 11.4. The van der Waals surface area contributed by atoms with Gasteiger partial charge in [0, 0.05) is 16.7 Å². The SMILES string of the molecule is O=C(/C=C/c1c(Cl)nc2ccccn12)Nc1ncn(Cc2ccc(Br)cc2)n1. The molecular formula is C19H14BrClN6O. The molecule has 1 N–H and O–H groups in total. The Hall–Kier alpha value is -2.97. The molecule has 28 heavy (non-hydrogen) atoms. The zero-order chi connectivity index (χ0) is 19.5. The third-order valence-corrected chi connectivity index (χ3v) is 4.75. The van der Waals surface area contributed by atoms with Crippen molar-refractivity contribution in [1.29, 1.82) is 0 Å². The maximum Gasteiger partial charge on any atom is 0.250 e. The van der Waals surface area contributed by atoms with Gasteiger partial charge in [-0.15, -0.1) is 5.10 Å². The minimum Gasteiger partial charge on any atom is -0.299 e. The number of fused-ring (bicyclic) bond motifs is 1. The van der Waals surface area contributed by atoms with Crippen LogP contribution < -0.4 is 5.32 Å². The van der Waals surface area contributed by atoms with Gasteiger partial charge in [-0.3, -0.25) is 14.5 Å². The van der Waals surface area contributed by atoms with E-state index in [9.17, 15) is 4.79 Å². The molecule has 0 fully saturated rings. The first-order valence-electron chi connectivity index (χ1n) is 8.34. The molecule has 4 aromatic rings. The van der Waals surface area contributed by atoms with Gasteiger partial charge in [-0.25, -0.2) is 14.6 Å². The summed E-state index contributed by atoms with van der Waals surface area (Å²) in [7, 11) is 0.